The molecule has 1 fully saturated rings. The van der Waals surface area contributed by atoms with Crippen LogP contribution in [0.3, 0.4) is 0 Å². The molecular weight excluding hydrogens is 244 g/mol. The summed E-state index contributed by atoms with van der Waals surface area (Å²) in [6.45, 7) is 1.96. The van der Waals surface area contributed by atoms with Crippen LogP contribution in [-0.4, -0.2) is 35.5 Å². The van der Waals surface area contributed by atoms with Gasteiger partial charge < -0.3 is 14.9 Å². The van der Waals surface area contributed by atoms with Crippen LogP contribution in [0.25, 0.3) is 0 Å². The van der Waals surface area contributed by atoms with Gasteiger partial charge in [-0.2, -0.15) is 0 Å². The molecule has 0 amide bonds. The number of carbonyl (C=O) groups is 1. The molecule has 0 saturated carbocycles. The number of esters is 1. The topological polar surface area (TPSA) is 66.8 Å². The minimum atomic E-state index is -0.220. The molecule has 1 saturated heterocycles. The van der Waals surface area contributed by atoms with Crippen LogP contribution in [0.15, 0.2) is 23.3 Å². The lowest BCUT2D eigenvalue weighted by molar-refractivity contribution is -0.142. The van der Waals surface area contributed by atoms with Gasteiger partial charge in [-0.25, -0.2) is 0 Å². The Morgan fingerprint density at radius 1 is 1.26 bits per heavy atom. The molecule has 0 unspecified atom stereocenters. The molecule has 4 nitrogen and oxygen atoms in total. The Bertz CT molecular complexity index is 397. The fraction of sp³-hybridized carbons (Fsp3) is 0.667. The molecule has 1 aliphatic heterocycles. The number of rotatable bonds is 2. The van der Waals surface area contributed by atoms with Gasteiger partial charge in [-0.05, 0) is 42.9 Å². The number of allylic oxidation sites excluding steroid dienone is 1. The Morgan fingerprint density at radius 3 is 2.68 bits per heavy atom. The number of hydrogen-bond acceptors (Lipinski definition) is 4. The van der Waals surface area contributed by atoms with Crippen molar-refractivity contribution < 1.29 is 19.7 Å². The fourth-order valence-corrected chi connectivity index (χ4v) is 2.87. The number of carbonyl (C=O) groups excluding carboxylic acids is 1. The van der Waals surface area contributed by atoms with Crippen LogP contribution < -0.4 is 0 Å². The third-order valence-corrected chi connectivity index (χ3v) is 4.19. The summed E-state index contributed by atoms with van der Waals surface area (Å²) in [4.78, 5) is 11.7. The Hall–Kier alpha value is -1.13. The molecular formula is C15H22O4. The third kappa shape index (κ3) is 3.25. The van der Waals surface area contributed by atoms with Crippen molar-refractivity contribution in [1.29, 1.82) is 0 Å². The van der Waals surface area contributed by atoms with Crippen LogP contribution in [0, 0.1) is 11.8 Å². The second-order valence-electron chi connectivity index (χ2n) is 5.43. The first kappa shape index (κ1) is 14.3. The van der Waals surface area contributed by atoms with E-state index in [4.69, 9.17) is 4.74 Å². The predicted molar refractivity (Wildman–Crippen MR) is 71.3 cm³/mol. The highest BCUT2D eigenvalue weighted by Gasteiger charge is 2.40. The van der Waals surface area contributed by atoms with Crippen LogP contribution in [0.1, 0.15) is 32.6 Å². The zero-order valence-corrected chi connectivity index (χ0v) is 11.3. The number of aliphatic hydroxyl groups is 2. The van der Waals surface area contributed by atoms with Crippen molar-refractivity contribution in [3.63, 3.8) is 0 Å². The van der Waals surface area contributed by atoms with Gasteiger partial charge >= 0.3 is 5.97 Å². The van der Waals surface area contributed by atoms with E-state index < -0.39 is 0 Å². The van der Waals surface area contributed by atoms with Gasteiger partial charge in [0.25, 0.3) is 0 Å². The van der Waals surface area contributed by atoms with Gasteiger partial charge in [0.2, 0.25) is 0 Å². The normalized spacial score (nSPS) is 37.6. The van der Waals surface area contributed by atoms with Gasteiger partial charge in [0, 0.05) is 5.92 Å². The van der Waals surface area contributed by atoms with Gasteiger partial charge in [0.05, 0.1) is 19.1 Å². The van der Waals surface area contributed by atoms with Gasteiger partial charge in [-0.1, -0.05) is 13.0 Å². The number of aliphatic hydroxyl groups excluding tert-OH is 2. The molecule has 0 aromatic heterocycles. The highest BCUT2D eigenvalue weighted by atomic mass is 16.6. The quantitative estimate of drug-likeness (QED) is 0.588. The molecule has 1 heterocycles. The Balaban J connectivity index is 2.22. The summed E-state index contributed by atoms with van der Waals surface area (Å²) < 4.78 is 5.40. The van der Waals surface area contributed by atoms with E-state index >= 15 is 0 Å². The molecule has 0 aromatic rings. The minimum Gasteiger partial charge on any atom is -0.458 e. The molecule has 2 rings (SSSR count). The first-order valence-corrected chi connectivity index (χ1v) is 6.95. The highest BCUT2D eigenvalue weighted by Crippen LogP contribution is 2.35. The summed E-state index contributed by atoms with van der Waals surface area (Å²) in [6, 6.07) is 0. The fourth-order valence-electron chi connectivity index (χ4n) is 2.87. The maximum atomic E-state index is 11.7. The third-order valence-electron chi connectivity index (χ3n) is 4.19. The lowest BCUT2D eigenvalue weighted by atomic mass is 9.84. The summed E-state index contributed by atoms with van der Waals surface area (Å²) >= 11 is 0. The van der Waals surface area contributed by atoms with Gasteiger partial charge in [-0.3, -0.25) is 4.79 Å². The van der Waals surface area contributed by atoms with E-state index in [1.165, 1.54) is 0 Å². The number of ether oxygens (including phenoxy) is 1. The summed E-state index contributed by atoms with van der Waals surface area (Å²) in [5, 5.41) is 18.7. The first-order chi connectivity index (χ1) is 9.15. The van der Waals surface area contributed by atoms with Crippen LogP contribution in [0.5, 0.6) is 0 Å². The summed E-state index contributed by atoms with van der Waals surface area (Å²) in [5.74, 6) is -0.125. The summed E-state index contributed by atoms with van der Waals surface area (Å²) in [6.07, 6.45) is 6.94. The molecule has 0 spiro atoms. The van der Waals surface area contributed by atoms with E-state index in [-0.39, 0.29) is 37.1 Å². The zero-order chi connectivity index (χ0) is 13.8. The van der Waals surface area contributed by atoms with Crippen molar-refractivity contribution in [1.82, 2.24) is 0 Å². The van der Waals surface area contributed by atoms with E-state index in [1.54, 1.807) is 0 Å². The standard InChI is InChI=1S/C15H22O4/c1-10-13-6-5-11(8-16)3-2-4-12(9-17)7-14(13)19-15(10)18/h3,7,10,13-14,16-17H,2,4-6,8-9H2,1H3/b11-3-,12-7-/t10-,13-,14+/m0/s1. The monoisotopic (exact) mass is 266 g/mol. The second kappa shape index (κ2) is 6.35. The maximum absolute atomic E-state index is 11.7. The molecule has 1 aliphatic carbocycles. The van der Waals surface area contributed by atoms with E-state index in [1.807, 2.05) is 19.1 Å². The van der Waals surface area contributed by atoms with E-state index in [0.29, 0.717) is 0 Å². The second-order valence-corrected chi connectivity index (χ2v) is 5.43. The Labute approximate surface area is 113 Å². The minimum absolute atomic E-state index is 0.00253. The summed E-state index contributed by atoms with van der Waals surface area (Å²) in [5.41, 5.74) is 1.93. The molecule has 0 aromatic carbocycles. The maximum Gasteiger partial charge on any atom is 0.309 e. The van der Waals surface area contributed by atoms with E-state index in [0.717, 1.165) is 36.8 Å². The van der Waals surface area contributed by atoms with Crippen LogP contribution in [0.2, 0.25) is 0 Å². The van der Waals surface area contributed by atoms with Gasteiger partial charge in [-0.15, -0.1) is 0 Å². The average molecular weight is 266 g/mol. The SMILES string of the molecule is C[C@@H]1C(=O)O[C@@H]2/C=C(\CO)CC/C=C(\CO)CC[C@@H]12. The van der Waals surface area contributed by atoms with Crippen molar-refractivity contribution in [2.24, 2.45) is 11.8 Å². The summed E-state index contributed by atoms with van der Waals surface area (Å²) in [7, 11) is 0. The molecule has 4 heteroatoms. The van der Waals surface area contributed by atoms with Crippen molar-refractivity contribution in [3.05, 3.63) is 23.3 Å². The lowest BCUT2D eigenvalue weighted by Crippen LogP contribution is -2.19. The number of hydrogen-bond donors (Lipinski definition) is 2. The Kier molecular flexibility index (Phi) is 4.77. The highest BCUT2D eigenvalue weighted by molar-refractivity contribution is 5.75. The van der Waals surface area contributed by atoms with Gasteiger partial charge in [0.1, 0.15) is 6.10 Å². The largest absolute Gasteiger partial charge is 0.458 e. The molecule has 106 valence electrons. The Morgan fingerprint density at radius 2 is 2.00 bits per heavy atom. The molecule has 2 aliphatic rings. The average Bonchev–Trinajstić information content (AvgIpc) is 2.68. The molecule has 0 bridgehead atoms. The van der Waals surface area contributed by atoms with Crippen LogP contribution in [0.4, 0.5) is 0 Å². The van der Waals surface area contributed by atoms with Gasteiger partial charge in [0.15, 0.2) is 0 Å². The number of fused-ring (bicyclic) bond motifs is 1. The van der Waals surface area contributed by atoms with Crippen molar-refractivity contribution in [2.75, 3.05) is 13.2 Å². The zero-order valence-electron chi connectivity index (χ0n) is 11.3. The van der Waals surface area contributed by atoms with E-state index in [2.05, 4.69) is 0 Å². The smallest absolute Gasteiger partial charge is 0.309 e. The molecule has 3 atom stereocenters. The predicted octanol–water partition coefficient (Wildman–Crippen LogP) is 1.58. The van der Waals surface area contributed by atoms with Crippen molar-refractivity contribution >= 4 is 5.97 Å². The lowest BCUT2D eigenvalue weighted by Gasteiger charge is -2.19. The van der Waals surface area contributed by atoms with Crippen LogP contribution in [-0.2, 0) is 9.53 Å². The first-order valence-electron chi connectivity index (χ1n) is 6.95. The van der Waals surface area contributed by atoms with Crippen molar-refractivity contribution in [3.8, 4) is 0 Å². The molecule has 2 N–H and O–H groups in total. The van der Waals surface area contributed by atoms with Crippen LogP contribution >= 0.6 is 0 Å². The molecule has 0 radical (unpaired) electrons. The van der Waals surface area contributed by atoms with Crippen molar-refractivity contribution in [2.45, 2.75) is 38.7 Å². The van der Waals surface area contributed by atoms with E-state index in [9.17, 15) is 15.0 Å². The molecule has 19 heavy (non-hydrogen) atoms.